The summed E-state index contributed by atoms with van der Waals surface area (Å²) < 4.78 is 5.68. The molecule has 0 bridgehead atoms. The molecule has 3 atom stereocenters. The molecule has 0 aromatic rings. The first-order valence-corrected chi connectivity index (χ1v) is 7.23. The van der Waals surface area contributed by atoms with Crippen LogP contribution in [-0.4, -0.2) is 48.6 Å². The van der Waals surface area contributed by atoms with Gasteiger partial charge in [0.05, 0.1) is 12.6 Å². The van der Waals surface area contributed by atoms with Gasteiger partial charge in [-0.3, -0.25) is 9.59 Å². The van der Waals surface area contributed by atoms with E-state index in [1.54, 1.807) is 4.90 Å². The molecule has 2 saturated heterocycles. The molecule has 1 N–H and O–H groups in total. The highest BCUT2D eigenvalue weighted by atomic mass is 16.5. The van der Waals surface area contributed by atoms with E-state index in [1.165, 1.54) is 0 Å². The number of hydrogen-bond acceptors (Lipinski definition) is 3. The number of piperazine rings is 1. The number of rotatable bonds is 4. The minimum absolute atomic E-state index is 0.0263. The summed E-state index contributed by atoms with van der Waals surface area (Å²) in [5.74, 6) is 0.495. The van der Waals surface area contributed by atoms with Gasteiger partial charge < -0.3 is 15.0 Å². The molecule has 2 fully saturated rings. The number of hydrogen-bond donors (Lipinski definition) is 1. The van der Waals surface area contributed by atoms with Gasteiger partial charge in [-0.1, -0.05) is 20.8 Å². The zero-order valence-corrected chi connectivity index (χ0v) is 12.0. The van der Waals surface area contributed by atoms with Crippen LogP contribution in [0.25, 0.3) is 0 Å². The molecule has 5 nitrogen and oxygen atoms in total. The Morgan fingerprint density at radius 3 is 2.79 bits per heavy atom. The molecule has 0 aromatic carbocycles. The largest absolute Gasteiger partial charge is 0.378 e. The number of ether oxygens (including phenoxy) is 1. The highest BCUT2D eigenvalue weighted by Gasteiger charge is 2.39. The third kappa shape index (κ3) is 2.91. The first kappa shape index (κ1) is 14.3. The fraction of sp³-hybridized carbons (Fsp3) is 0.857. The number of carbonyl (C=O) groups excluding carboxylic acids is 2. The van der Waals surface area contributed by atoms with Crippen molar-refractivity contribution in [3.05, 3.63) is 0 Å². The van der Waals surface area contributed by atoms with Crippen LogP contribution in [-0.2, 0) is 14.3 Å². The zero-order chi connectivity index (χ0) is 14.0. The molecule has 0 radical (unpaired) electrons. The van der Waals surface area contributed by atoms with E-state index in [-0.39, 0.29) is 36.4 Å². The minimum Gasteiger partial charge on any atom is -0.378 e. The van der Waals surface area contributed by atoms with Gasteiger partial charge in [0.25, 0.3) is 0 Å². The third-order valence-electron chi connectivity index (χ3n) is 4.15. The van der Waals surface area contributed by atoms with Crippen LogP contribution in [0.4, 0.5) is 0 Å². The second-order valence-electron chi connectivity index (χ2n) is 5.82. The van der Waals surface area contributed by atoms with Crippen molar-refractivity contribution in [2.75, 3.05) is 19.7 Å². The predicted octanol–water partition coefficient (Wildman–Crippen LogP) is 0.785. The monoisotopic (exact) mass is 268 g/mol. The summed E-state index contributed by atoms with van der Waals surface area (Å²) in [6.07, 6.45) is 2.17. The van der Waals surface area contributed by atoms with Crippen molar-refractivity contribution in [2.45, 2.75) is 45.8 Å². The van der Waals surface area contributed by atoms with Gasteiger partial charge in [0.15, 0.2) is 0 Å². The minimum atomic E-state index is -0.334. The number of amides is 2. The van der Waals surface area contributed by atoms with E-state index < -0.39 is 0 Å². The van der Waals surface area contributed by atoms with Crippen LogP contribution >= 0.6 is 0 Å². The van der Waals surface area contributed by atoms with Crippen molar-refractivity contribution in [3.63, 3.8) is 0 Å². The smallest absolute Gasteiger partial charge is 0.243 e. The van der Waals surface area contributed by atoms with Gasteiger partial charge in [0.1, 0.15) is 6.04 Å². The molecule has 19 heavy (non-hydrogen) atoms. The van der Waals surface area contributed by atoms with E-state index >= 15 is 0 Å². The van der Waals surface area contributed by atoms with Gasteiger partial charge in [-0.05, 0) is 18.8 Å². The molecule has 3 unspecified atom stereocenters. The summed E-state index contributed by atoms with van der Waals surface area (Å²) in [7, 11) is 0. The maximum atomic E-state index is 12.1. The molecule has 2 amide bonds. The number of nitrogens with zero attached hydrogens (tertiary/aromatic N) is 1. The van der Waals surface area contributed by atoms with Crippen LogP contribution in [0.2, 0.25) is 0 Å². The topological polar surface area (TPSA) is 58.6 Å². The summed E-state index contributed by atoms with van der Waals surface area (Å²) in [6, 6.07) is -0.334. The van der Waals surface area contributed by atoms with Gasteiger partial charge in [-0.25, -0.2) is 0 Å². The Bertz CT molecular complexity index is 357. The lowest BCUT2D eigenvalue weighted by molar-refractivity contribution is -0.148. The standard InChI is InChI=1S/C14H24N2O3/c1-4-11-10(5-6-19-11)8-16-12(17)7-15-14(18)13(16)9(2)3/h9-11,13H,4-8H2,1-3H3,(H,15,18). The van der Waals surface area contributed by atoms with Crippen molar-refractivity contribution < 1.29 is 14.3 Å². The third-order valence-corrected chi connectivity index (χ3v) is 4.15. The van der Waals surface area contributed by atoms with E-state index in [9.17, 15) is 9.59 Å². The molecule has 5 heteroatoms. The lowest BCUT2D eigenvalue weighted by atomic mass is 9.94. The van der Waals surface area contributed by atoms with Gasteiger partial charge in [-0.2, -0.15) is 0 Å². The molecule has 0 aliphatic carbocycles. The zero-order valence-electron chi connectivity index (χ0n) is 12.0. The van der Waals surface area contributed by atoms with Crippen LogP contribution < -0.4 is 5.32 Å². The Morgan fingerprint density at radius 1 is 1.42 bits per heavy atom. The fourth-order valence-electron chi connectivity index (χ4n) is 3.15. The highest BCUT2D eigenvalue weighted by molar-refractivity contribution is 5.94. The Balaban J connectivity index is 2.10. The molecular formula is C14H24N2O3. The summed E-state index contributed by atoms with van der Waals surface area (Å²) in [5.41, 5.74) is 0. The molecule has 2 aliphatic rings. The Morgan fingerprint density at radius 2 is 2.16 bits per heavy atom. The van der Waals surface area contributed by atoms with E-state index in [0.29, 0.717) is 12.5 Å². The average Bonchev–Trinajstić information content (AvgIpc) is 2.80. The van der Waals surface area contributed by atoms with Crippen molar-refractivity contribution in [2.24, 2.45) is 11.8 Å². The number of carbonyl (C=O) groups is 2. The number of nitrogens with one attached hydrogen (secondary N) is 1. The molecule has 0 spiro atoms. The molecule has 0 saturated carbocycles. The van der Waals surface area contributed by atoms with Crippen molar-refractivity contribution in [1.29, 1.82) is 0 Å². The highest BCUT2D eigenvalue weighted by Crippen LogP contribution is 2.26. The first-order chi connectivity index (χ1) is 9.04. The van der Waals surface area contributed by atoms with Crippen LogP contribution in [0.5, 0.6) is 0 Å². The lowest BCUT2D eigenvalue weighted by Crippen LogP contribution is -2.61. The average molecular weight is 268 g/mol. The molecular weight excluding hydrogens is 244 g/mol. The second kappa shape index (κ2) is 5.90. The molecule has 2 rings (SSSR count). The summed E-state index contributed by atoms with van der Waals surface area (Å²) in [6.45, 7) is 7.62. The van der Waals surface area contributed by atoms with Crippen molar-refractivity contribution in [3.8, 4) is 0 Å². The maximum Gasteiger partial charge on any atom is 0.243 e. The second-order valence-corrected chi connectivity index (χ2v) is 5.82. The molecule has 2 heterocycles. The van der Waals surface area contributed by atoms with E-state index in [0.717, 1.165) is 19.4 Å². The normalized spacial score (nSPS) is 32.0. The van der Waals surface area contributed by atoms with Crippen molar-refractivity contribution in [1.82, 2.24) is 10.2 Å². The first-order valence-electron chi connectivity index (χ1n) is 7.23. The Labute approximate surface area is 114 Å². The van der Waals surface area contributed by atoms with Crippen LogP contribution in [0.3, 0.4) is 0 Å². The maximum absolute atomic E-state index is 12.1. The van der Waals surface area contributed by atoms with Crippen LogP contribution in [0.15, 0.2) is 0 Å². The predicted molar refractivity (Wildman–Crippen MR) is 71.5 cm³/mol. The molecule has 2 aliphatic heterocycles. The quantitative estimate of drug-likeness (QED) is 0.820. The van der Waals surface area contributed by atoms with Crippen LogP contribution in [0.1, 0.15) is 33.6 Å². The summed E-state index contributed by atoms with van der Waals surface area (Å²) in [4.78, 5) is 25.9. The van der Waals surface area contributed by atoms with Crippen LogP contribution in [0, 0.1) is 11.8 Å². The fourth-order valence-corrected chi connectivity index (χ4v) is 3.15. The van der Waals surface area contributed by atoms with Gasteiger partial charge in [-0.15, -0.1) is 0 Å². The Hall–Kier alpha value is -1.10. The summed E-state index contributed by atoms with van der Waals surface area (Å²) in [5, 5.41) is 2.68. The van der Waals surface area contributed by atoms with Gasteiger partial charge in [0, 0.05) is 19.1 Å². The summed E-state index contributed by atoms with van der Waals surface area (Å²) >= 11 is 0. The molecule has 108 valence electrons. The van der Waals surface area contributed by atoms with Crippen molar-refractivity contribution >= 4 is 11.8 Å². The SMILES string of the molecule is CCC1OCCC1CN1C(=O)CNC(=O)C1C(C)C. The van der Waals surface area contributed by atoms with E-state index in [1.807, 2.05) is 13.8 Å². The van der Waals surface area contributed by atoms with E-state index in [4.69, 9.17) is 4.74 Å². The lowest BCUT2D eigenvalue weighted by Gasteiger charge is -2.39. The Kier molecular flexibility index (Phi) is 4.45. The molecule has 0 aromatic heterocycles. The van der Waals surface area contributed by atoms with Gasteiger partial charge >= 0.3 is 0 Å². The van der Waals surface area contributed by atoms with E-state index in [2.05, 4.69) is 12.2 Å². The van der Waals surface area contributed by atoms with Gasteiger partial charge in [0.2, 0.25) is 11.8 Å².